The molecule has 2 amide bonds. The lowest BCUT2D eigenvalue weighted by atomic mass is 9.87. The van der Waals surface area contributed by atoms with Gasteiger partial charge in [-0.3, -0.25) is 9.59 Å². The van der Waals surface area contributed by atoms with Gasteiger partial charge in [-0.2, -0.15) is 0 Å². The van der Waals surface area contributed by atoms with E-state index in [1.54, 1.807) is 17.9 Å². The van der Waals surface area contributed by atoms with Crippen LogP contribution in [-0.4, -0.2) is 18.4 Å². The van der Waals surface area contributed by atoms with Crippen molar-refractivity contribution in [2.45, 2.75) is 39.5 Å². The first kappa shape index (κ1) is 18.9. The molecule has 1 N–H and O–H groups in total. The number of hydrogen-bond donors (Lipinski definition) is 1. The third-order valence-electron chi connectivity index (χ3n) is 4.83. The Bertz CT molecular complexity index is 890. The Morgan fingerprint density at radius 2 is 1.78 bits per heavy atom. The molecule has 2 aromatic carbocycles. The van der Waals surface area contributed by atoms with Gasteiger partial charge in [-0.1, -0.05) is 51.1 Å². The maximum absolute atomic E-state index is 12.2. The Hall–Kier alpha value is -2.88. The van der Waals surface area contributed by atoms with Crippen molar-refractivity contribution < 1.29 is 9.59 Å². The van der Waals surface area contributed by atoms with Gasteiger partial charge in [-0.25, -0.2) is 0 Å². The van der Waals surface area contributed by atoms with Gasteiger partial charge in [-0.05, 0) is 46.7 Å². The molecule has 0 aliphatic carbocycles. The van der Waals surface area contributed by atoms with E-state index in [-0.39, 0.29) is 17.2 Å². The van der Waals surface area contributed by atoms with Crippen LogP contribution in [0, 0.1) is 0 Å². The lowest BCUT2D eigenvalue weighted by molar-refractivity contribution is -0.116. The van der Waals surface area contributed by atoms with Crippen LogP contribution in [0.5, 0.6) is 0 Å². The Morgan fingerprint density at radius 3 is 2.41 bits per heavy atom. The van der Waals surface area contributed by atoms with E-state index in [4.69, 9.17) is 0 Å². The number of hydrogen-bond acceptors (Lipinski definition) is 2. The molecule has 2 aromatic rings. The lowest BCUT2D eigenvalue weighted by Gasteiger charge is -2.18. The summed E-state index contributed by atoms with van der Waals surface area (Å²) in [6.07, 6.45) is 4.19. The quantitative estimate of drug-likeness (QED) is 0.815. The maximum Gasteiger partial charge on any atom is 0.248 e. The van der Waals surface area contributed by atoms with Crippen LogP contribution < -0.4 is 10.2 Å². The van der Waals surface area contributed by atoms with Crippen LogP contribution in [0.1, 0.15) is 44.4 Å². The highest BCUT2D eigenvalue weighted by Crippen LogP contribution is 2.31. The molecular formula is C23H26N2O2. The van der Waals surface area contributed by atoms with Crippen molar-refractivity contribution in [1.82, 2.24) is 0 Å². The van der Waals surface area contributed by atoms with E-state index in [0.717, 1.165) is 23.2 Å². The largest absolute Gasteiger partial charge is 0.322 e. The molecule has 0 radical (unpaired) electrons. The zero-order valence-electron chi connectivity index (χ0n) is 16.4. The predicted molar refractivity (Wildman–Crippen MR) is 111 cm³/mol. The van der Waals surface area contributed by atoms with Crippen molar-refractivity contribution in [1.29, 1.82) is 0 Å². The van der Waals surface area contributed by atoms with E-state index in [1.165, 1.54) is 11.6 Å². The van der Waals surface area contributed by atoms with Gasteiger partial charge < -0.3 is 10.2 Å². The van der Waals surface area contributed by atoms with Crippen molar-refractivity contribution in [3.8, 4) is 0 Å². The summed E-state index contributed by atoms with van der Waals surface area (Å²) in [4.78, 5) is 25.7. The molecule has 4 heteroatoms. The van der Waals surface area contributed by atoms with Crippen LogP contribution in [0.2, 0.25) is 0 Å². The van der Waals surface area contributed by atoms with Gasteiger partial charge >= 0.3 is 0 Å². The van der Waals surface area contributed by atoms with Crippen molar-refractivity contribution >= 4 is 29.3 Å². The maximum atomic E-state index is 12.2. The molecule has 0 fully saturated rings. The number of rotatable bonds is 3. The summed E-state index contributed by atoms with van der Waals surface area (Å²) in [6.45, 7) is 8.79. The summed E-state index contributed by atoms with van der Waals surface area (Å²) in [7, 11) is 0. The van der Waals surface area contributed by atoms with Crippen LogP contribution in [0.3, 0.4) is 0 Å². The van der Waals surface area contributed by atoms with Crippen molar-refractivity contribution in [2.75, 3.05) is 16.8 Å². The number of nitrogens with zero attached hydrogens (tertiary/aromatic N) is 1. The van der Waals surface area contributed by atoms with Crippen molar-refractivity contribution in [3.63, 3.8) is 0 Å². The fraction of sp³-hybridized carbons (Fsp3) is 0.304. The molecule has 4 nitrogen and oxygen atoms in total. The average Bonchev–Trinajstić information content (AvgIpc) is 3.03. The van der Waals surface area contributed by atoms with Gasteiger partial charge in [0, 0.05) is 30.9 Å². The molecule has 1 aliphatic heterocycles. The van der Waals surface area contributed by atoms with Crippen molar-refractivity contribution in [2.24, 2.45) is 0 Å². The van der Waals surface area contributed by atoms with Crippen LogP contribution in [0.25, 0.3) is 6.08 Å². The lowest BCUT2D eigenvalue weighted by Crippen LogP contribution is -2.25. The summed E-state index contributed by atoms with van der Waals surface area (Å²) in [5.41, 5.74) is 5.08. The highest BCUT2D eigenvalue weighted by molar-refractivity contribution is 6.03. The van der Waals surface area contributed by atoms with E-state index in [2.05, 4.69) is 38.2 Å². The van der Waals surface area contributed by atoms with Crippen LogP contribution in [-0.2, 0) is 21.4 Å². The monoisotopic (exact) mass is 362 g/mol. The average molecular weight is 362 g/mol. The number of amides is 2. The highest BCUT2D eigenvalue weighted by Gasteiger charge is 2.22. The Labute approximate surface area is 160 Å². The Kier molecular flexibility index (Phi) is 5.17. The van der Waals surface area contributed by atoms with Gasteiger partial charge in [0.1, 0.15) is 0 Å². The Morgan fingerprint density at radius 1 is 1.07 bits per heavy atom. The molecule has 140 valence electrons. The molecule has 0 saturated heterocycles. The zero-order chi connectivity index (χ0) is 19.6. The normalized spacial score (nSPS) is 13.7. The minimum Gasteiger partial charge on any atom is -0.322 e. The van der Waals surface area contributed by atoms with Gasteiger partial charge in [-0.15, -0.1) is 0 Å². The third kappa shape index (κ3) is 4.45. The van der Waals surface area contributed by atoms with E-state index >= 15 is 0 Å². The number of carbonyl (C=O) groups excluding carboxylic acids is 2. The van der Waals surface area contributed by atoms with Gasteiger partial charge in [0.05, 0.1) is 0 Å². The minimum atomic E-state index is -0.192. The molecule has 0 atom stereocenters. The molecule has 3 rings (SSSR count). The smallest absolute Gasteiger partial charge is 0.248 e. The summed E-state index contributed by atoms with van der Waals surface area (Å²) >= 11 is 0. The summed E-state index contributed by atoms with van der Waals surface area (Å²) in [5.74, 6) is -0.168. The van der Waals surface area contributed by atoms with Gasteiger partial charge in [0.15, 0.2) is 0 Å². The second-order valence-corrected chi connectivity index (χ2v) is 7.96. The molecule has 0 unspecified atom stereocenters. The molecule has 0 bridgehead atoms. The van der Waals surface area contributed by atoms with Crippen LogP contribution in [0.15, 0.2) is 48.5 Å². The van der Waals surface area contributed by atoms with Crippen LogP contribution in [0.4, 0.5) is 11.4 Å². The summed E-state index contributed by atoms with van der Waals surface area (Å²) in [6, 6.07) is 13.9. The number of nitrogens with one attached hydrogen (secondary N) is 1. The SMILES string of the molecule is CC(=O)N1CCc2ccc(NC(=O)C=Cc3ccc(C(C)(C)C)cc3)cc21. The molecular weight excluding hydrogens is 336 g/mol. The number of anilines is 2. The first-order valence-corrected chi connectivity index (χ1v) is 9.25. The first-order chi connectivity index (χ1) is 12.7. The molecule has 1 aliphatic rings. The van der Waals surface area contributed by atoms with Gasteiger partial charge in [0.25, 0.3) is 0 Å². The molecule has 1 heterocycles. The summed E-state index contributed by atoms with van der Waals surface area (Å²) in [5, 5.41) is 2.87. The molecule has 0 spiro atoms. The van der Waals surface area contributed by atoms with E-state index in [1.807, 2.05) is 30.3 Å². The second kappa shape index (κ2) is 7.39. The second-order valence-electron chi connectivity index (χ2n) is 7.96. The standard InChI is InChI=1S/C23H26N2O2/c1-16(26)25-14-13-18-8-11-20(15-21(18)25)24-22(27)12-7-17-5-9-19(10-6-17)23(2,3)4/h5-12,15H,13-14H2,1-4H3,(H,24,27). The molecule has 27 heavy (non-hydrogen) atoms. The number of benzene rings is 2. The summed E-state index contributed by atoms with van der Waals surface area (Å²) < 4.78 is 0. The van der Waals surface area contributed by atoms with E-state index in [0.29, 0.717) is 12.2 Å². The predicted octanol–water partition coefficient (Wildman–Crippen LogP) is 4.55. The van der Waals surface area contributed by atoms with Crippen LogP contribution >= 0.6 is 0 Å². The fourth-order valence-electron chi connectivity index (χ4n) is 3.23. The molecule has 0 aromatic heterocycles. The third-order valence-corrected chi connectivity index (χ3v) is 4.83. The fourth-order valence-corrected chi connectivity index (χ4v) is 3.23. The number of carbonyl (C=O) groups is 2. The topological polar surface area (TPSA) is 49.4 Å². The molecule has 0 saturated carbocycles. The highest BCUT2D eigenvalue weighted by atomic mass is 16.2. The van der Waals surface area contributed by atoms with E-state index in [9.17, 15) is 9.59 Å². The van der Waals surface area contributed by atoms with E-state index < -0.39 is 0 Å². The first-order valence-electron chi connectivity index (χ1n) is 9.25. The van der Waals surface area contributed by atoms with Gasteiger partial charge in [0.2, 0.25) is 11.8 Å². The van der Waals surface area contributed by atoms with Crippen molar-refractivity contribution in [3.05, 3.63) is 65.2 Å². The zero-order valence-corrected chi connectivity index (χ0v) is 16.4. The number of fused-ring (bicyclic) bond motifs is 1. The minimum absolute atomic E-state index is 0.0239. The Balaban J connectivity index is 1.67.